The molecule has 0 bridgehead atoms. The molecule has 50 heavy (non-hydrogen) atoms. The lowest BCUT2D eigenvalue weighted by atomic mass is 9.95. The van der Waals surface area contributed by atoms with Gasteiger partial charge in [-0.25, -0.2) is 18.6 Å². The Labute approximate surface area is 287 Å². The number of anilines is 1. The molecule has 4 aromatic rings. The Morgan fingerprint density at radius 1 is 1.20 bits per heavy atom. The first-order valence-corrected chi connectivity index (χ1v) is 16.8. The predicted molar refractivity (Wildman–Crippen MR) is 182 cm³/mol. The van der Waals surface area contributed by atoms with E-state index in [0.29, 0.717) is 42.8 Å². The minimum absolute atomic E-state index is 0.00789. The minimum Gasteiger partial charge on any atom is -0.508 e. The van der Waals surface area contributed by atoms with Crippen LogP contribution in [0.25, 0.3) is 32.9 Å². The molecule has 260 valence electrons. The molecule has 0 saturated carbocycles. The Morgan fingerprint density at radius 2 is 2.06 bits per heavy atom. The van der Waals surface area contributed by atoms with E-state index in [9.17, 15) is 14.3 Å². The third kappa shape index (κ3) is 5.27. The third-order valence-electron chi connectivity index (χ3n) is 10.5. The second-order valence-corrected chi connectivity index (χ2v) is 13.6. The summed E-state index contributed by atoms with van der Waals surface area (Å²) in [5.41, 5.74) is -0.542. The summed E-state index contributed by atoms with van der Waals surface area (Å²) in [4.78, 5) is 32.1. The van der Waals surface area contributed by atoms with E-state index in [1.165, 1.54) is 29.2 Å². The SMILES string of the molecule is C#Cc1c(F)ccc2cc(O)cc(-c3nc4c5c(nc(OC[C@@]67CCCN6[C@H](COC(=O)N(C)C)CC7)nc5c3F)N3CCNC[C@H]3CO4)c12. The van der Waals surface area contributed by atoms with Gasteiger partial charge in [-0.2, -0.15) is 9.97 Å². The summed E-state index contributed by atoms with van der Waals surface area (Å²) in [7, 11) is 3.31. The van der Waals surface area contributed by atoms with E-state index >= 15 is 4.39 Å². The molecule has 3 atom stereocenters. The molecular weight excluding hydrogens is 648 g/mol. The lowest BCUT2D eigenvalue weighted by molar-refractivity contribution is 0.0484. The molecule has 0 spiro atoms. The number of pyridine rings is 1. The number of nitrogens with zero attached hydrogens (tertiary/aromatic N) is 6. The second-order valence-electron chi connectivity index (χ2n) is 13.6. The van der Waals surface area contributed by atoms with Gasteiger partial charge in [0.05, 0.1) is 17.1 Å². The number of hydrogen-bond donors (Lipinski definition) is 2. The van der Waals surface area contributed by atoms with Crippen LogP contribution in [0.1, 0.15) is 31.2 Å². The van der Waals surface area contributed by atoms with Crippen molar-refractivity contribution in [3.8, 4) is 41.2 Å². The van der Waals surface area contributed by atoms with Gasteiger partial charge < -0.3 is 34.4 Å². The Balaban J connectivity index is 1.22. The number of carbonyl (C=O) groups is 1. The van der Waals surface area contributed by atoms with Crippen LogP contribution in [-0.4, -0.2) is 114 Å². The summed E-state index contributed by atoms with van der Waals surface area (Å²) in [6, 6.07) is 5.39. The van der Waals surface area contributed by atoms with E-state index in [-0.39, 0.29) is 82.3 Å². The maximum atomic E-state index is 17.0. The van der Waals surface area contributed by atoms with Gasteiger partial charge in [-0.1, -0.05) is 12.0 Å². The van der Waals surface area contributed by atoms with Crippen LogP contribution in [0.5, 0.6) is 17.6 Å². The highest BCUT2D eigenvalue weighted by molar-refractivity contribution is 6.04. The molecule has 6 heterocycles. The van der Waals surface area contributed by atoms with Crippen LogP contribution in [0.15, 0.2) is 24.3 Å². The summed E-state index contributed by atoms with van der Waals surface area (Å²) >= 11 is 0. The van der Waals surface area contributed by atoms with Crippen LogP contribution in [0.3, 0.4) is 0 Å². The summed E-state index contributed by atoms with van der Waals surface area (Å²) < 4.78 is 50.2. The Kier molecular flexibility index (Phi) is 7.99. The fourth-order valence-electron chi connectivity index (χ4n) is 8.06. The lowest BCUT2D eigenvalue weighted by Gasteiger charge is -2.36. The smallest absolute Gasteiger partial charge is 0.409 e. The Hall–Kier alpha value is -5.00. The van der Waals surface area contributed by atoms with Crippen molar-refractivity contribution in [1.82, 2.24) is 30.1 Å². The first kappa shape index (κ1) is 32.2. The fourth-order valence-corrected chi connectivity index (χ4v) is 8.06. The van der Waals surface area contributed by atoms with Crippen LogP contribution in [0, 0.1) is 24.0 Å². The number of phenolic OH excluding ortho intramolecular Hbond substituents is 1. The first-order chi connectivity index (χ1) is 24.2. The molecule has 12 nitrogen and oxygen atoms in total. The number of carbonyl (C=O) groups excluding carboxylic acids is 1. The van der Waals surface area contributed by atoms with Gasteiger partial charge in [0.15, 0.2) is 5.82 Å². The van der Waals surface area contributed by atoms with Crippen molar-refractivity contribution in [2.24, 2.45) is 0 Å². The van der Waals surface area contributed by atoms with Gasteiger partial charge in [-0.15, -0.1) is 6.42 Å². The summed E-state index contributed by atoms with van der Waals surface area (Å²) in [6.07, 6.45) is 8.90. The van der Waals surface area contributed by atoms with Gasteiger partial charge >= 0.3 is 12.1 Å². The van der Waals surface area contributed by atoms with Gasteiger partial charge in [-0.05, 0) is 55.8 Å². The number of terminal acetylenes is 1. The van der Waals surface area contributed by atoms with Crippen LogP contribution in [0.4, 0.5) is 19.4 Å². The molecule has 3 saturated heterocycles. The van der Waals surface area contributed by atoms with E-state index in [2.05, 4.69) is 31.0 Å². The molecule has 0 radical (unpaired) electrons. The zero-order chi connectivity index (χ0) is 34.7. The molecule has 8 rings (SSSR count). The topological polar surface area (TPSA) is 125 Å². The van der Waals surface area contributed by atoms with Crippen molar-refractivity contribution in [3.05, 3.63) is 41.5 Å². The number of halogens is 2. The van der Waals surface area contributed by atoms with Gasteiger partial charge in [0, 0.05) is 50.7 Å². The highest BCUT2D eigenvalue weighted by atomic mass is 19.1. The maximum Gasteiger partial charge on any atom is 0.409 e. The number of benzene rings is 2. The van der Waals surface area contributed by atoms with Crippen molar-refractivity contribution in [2.45, 2.75) is 43.3 Å². The molecule has 0 aliphatic carbocycles. The van der Waals surface area contributed by atoms with Gasteiger partial charge in [0.2, 0.25) is 5.88 Å². The lowest BCUT2D eigenvalue weighted by Crippen LogP contribution is -2.53. The number of phenols is 1. The van der Waals surface area contributed by atoms with E-state index in [1.807, 2.05) is 0 Å². The van der Waals surface area contributed by atoms with Crippen molar-refractivity contribution >= 4 is 33.6 Å². The number of aromatic hydroxyl groups is 1. The molecule has 2 N–H and O–H groups in total. The molecule has 2 aromatic heterocycles. The average Bonchev–Trinajstić information content (AvgIpc) is 3.63. The zero-order valence-electron chi connectivity index (χ0n) is 27.8. The standard InChI is InChI=1S/C36H37F2N7O5/c1-4-24-26(37)7-6-20-14-23(46)15-25(27(20)24)30-29(38)31-28-32(44-13-11-39-16-22(44)18-48-33(28)40-30)42-34(41-31)50-19-36-9-5-12-45(36)21(8-10-36)17-49-35(47)43(2)3/h1,6-7,14-15,21-22,39,46H,5,8-13,16-19H2,2-3H3/t21-,22-,36-/m0/s1. The monoisotopic (exact) mass is 685 g/mol. The summed E-state index contributed by atoms with van der Waals surface area (Å²) in [5, 5.41) is 15.0. The van der Waals surface area contributed by atoms with Crippen LogP contribution in [-0.2, 0) is 4.74 Å². The number of amides is 1. The number of nitrogens with one attached hydrogen (secondary N) is 1. The highest BCUT2D eigenvalue weighted by Gasteiger charge is 2.50. The Morgan fingerprint density at radius 3 is 2.88 bits per heavy atom. The number of piperazine rings is 1. The highest BCUT2D eigenvalue weighted by Crippen LogP contribution is 2.45. The number of ether oxygens (including phenoxy) is 3. The minimum atomic E-state index is -0.808. The maximum absolute atomic E-state index is 17.0. The second kappa shape index (κ2) is 12.4. The van der Waals surface area contributed by atoms with E-state index in [1.54, 1.807) is 14.1 Å². The number of fused-ring (bicyclic) bond motifs is 4. The number of rotatable bonds is 6. The molecular formula is C36H37F2N7O5. The number of hydrogen-bond acceptors (Lipinski definition) is 11. The van der Waals surface area contributed by atoms with Gasteiger partial charge in [-0.3, -0.25) is 4.90 Å². The van der Waals surface area contributed by atoms with E-state index < -0.39 is 11.6 Å². The van der Waals surface area contributed by atoms with Crippen LogP contribution < -0.4 is 19.7 Å². The summed E-state index contributed by atoms with van der Waals surface area (Å²) in [5.74, 6) is 1.33. The van der Waals surface area contributed by atoms with Gasteiger partial charge in [0.25, 0.3) is 0 Å². The molecule has 0 unspecified atom stereocenters. The number of aromatic nitrogens is 3. The zero-order valence-corrected chi connectivity index (χ0v) is 27.8. The molecule has 4 aliphatic rings. The molecule has 4 aliphatic heterocycles. The Bertz CT molecular complexity index is 2070. The fraction of sp³-hybridized carbons (Fsp3) is 0.444. The normalized spacial score (nSPS) is 22.8. The van der Waals surface area contributed by atoms with Crippen molar-refractivity contribution < 1.29 is 32.9 Å². The quantitative estimate of drug-likeness (QED) is 0.286. The van der Waals surface area contributed by atoms with Crippen molar-refractivity contribution in [2.75, 3.05) is 65.0 Å². The van der Waals surface area contributed by atoms with E-state index in [4.69, 9.17) is 25.6 Å². The third-order valence-corrected chi connectivity index (χ3v) is 10.5. The van der Waals surface area contributed by atoms with Crippen LogP contribution in [0.2, 0.25) is 0 Å². The summed E-state index contributed by atoms with van der Waals surface area (Å²) in [6.45, 7) is 3.55. The average molecular weight is 686 g/mol. The molecule has 14 heteroatoms. The van der Waals surface area contributed by atoms with E-state index in [0.717, 1.165) is 32.2 Å². The van der Waals surface area contributed by atoms with Gasteiger partial charge in [0.1, 0.15) is 53.8 Å². The predicted octanol–water partition coefficient (Wildman–Crippen LogP) is 4.05. The largest absolute Gasteiger partial charge is 0.508 e. The van der Waals surface area contributed by atoms with Crippen LogP contribution >= 0.6 is 0 Å². The first-order valence-electron chi connectivity index (χ1n) is 16.8. The molecule has 1 amide bonds. The molecule has 2 aromatic carbocycles. The van der Waals surface area contributed by atoms with Crippen molar-refractivity contribution in [3.63, 3.8) is 0 Å². The molecule has 3 fully saturated rings. The van der Waals surface area contributed by atoms with Crippen molar-refractivity contribution in [1.29, 1.82) is 0 Å².